The maximum atomic E-state index is 11.9. The average molecular weight is 353 g/mol. The van der Waals surface area contributed by atoms with Crippen molar-refractivity contribution in [3.63, 3.8) is 0 Å². The molecule has 0 radical (unpaired) electrons. The van der Waals surface area contributed by atoms with Gasteiger partial charge in [-0.1, -0.05) is 0 Å². The molecule has 0 saturated heterocycles. The molecule has 9 nitrogen and oxygen atoms in total. The van der Waals surface area contributed by atoms with E-state index in [9.17, 15) is 9.59 Å². The number of carbonyl (C=O) groups excluding carboxylic acids is 1. The molecule has 0 atom stereocenters. The molecular weight excluding hydrogens is 334 g/mol. The molecule has 1 amide bonds. The van der Waals surface area contributed by atoms with Crippen LogP contribution in [0.25, 0.3) is 5.82 Å². The summed E-state index contributed by atoms with van der Waals surface area (Å²) in [5, 5.41) is 14.0. The van der Waals surface area contributed by atoms with Crippen molar-refractivity contribution in [2.45, 2.75) is 13.5 Å². The van der Waals surface area contributed by atoms with Gasteiger partial charge in [-0.3, -0.25) is 14.2 Å². The van der Waals surface area contributed by atoms with E-state index in [-0.39, 0.29) is 18.0 Å². The Hall–Kier alpha value is -3.49. The molecule has 0 aromatic carbocycles. The highest BCUT2D eigenvalue weighted by Crippen LogP contribution is 2.06. The highest BCUT2D eigenvalue weighted by Gasteiger charge is 2.05. The minimum atomic E-state index is -0.256. The first-order valence-electron chi connectivity index (χ1n) is 8.12. The summed E-state index contributed by atoms with van der Waals surface area (Å²) in [5.74, 6) is 1.09. The zero-order chi connectivity index (χ0) is 18.4. The summed E-state index contributed by atoms with van der Waals surface area (Å²) in [6.07, 6.45) is 5.15. The van der Waals surface area contributed by atoms with Crippen LogP contribution in [0.1, 0.15) is 5.69 Å². The first-order chi connectivity index (χ1) is 12.6. The minimum absolute atomic E-state index is 0.0580. The van der Waals surface area contributed by atoms with Gasteiger partial charge in [0.1, 0.15) is 12.4 Å². The van der Waals surface area contributed by atoms with Gasteiger partial charge in [0.15, 0.2) is 5.82 Å². The Balaban J connectivity index is 1.42. The Morgan fingerprint density at radius 1 is 1.15 bits per heavy atom. The van der Waals surface area contributed by atoms with E-state index in [0.717, 1.165) is 5.82 Å². The summed E-state index contributed by atoms with van der Waals surface area (Å²) in [4.78, 5) is 27.6. The van der Waals surface area contributed by atoms with Crippen LogP contribution in [0, 0.1) is 6.92 Å². The lowest BCUT2D eigenvalue weighted by molar-refractivity contribution is -0.121. The molecule has 0 saturated carbocycles. The summed E-state index contributed by atoms with van der Waals surface area (Å²) in [7, 11) is 0. The maximum Gasteiger partial charge on any atom is 0.253 e. The molecule has 0 fully saturated rings. The van der Waals surface area contributed by atoms with Gasteiger partial charge < -0.3 is 15.2 Å². The summed E-state index contributed by atoms with van der Waals surface area (Å²) >= 11 is 0. The van der Waals surface area contributed by atoms with E-state index in [1.807, 2.05) is 41.2 Å². The zero-order valence-corrected chi connectivity index (χ0v) is 14.3. The van der Waals surface area contributed by atoms with Gasteiger partial charge in [-0.2, -0.15) is 0 Å². The minimum Gasteiger partial charge on any atom is -0.367 e. The van der Waals surface area contributed by atoms with Crippen molar-refractivity contribution in [3.8, 4) is 5.82 Å². The summed E-state index contributed by atoms with van der Waals surface area (Å²) in [6.45, 7) is 2.56. The van der Waals surface area contributed by atoms with Gasteiger partial charge in [0.25, 0.3) is 5.56 Å². The van der Waals surface area contributed by atoms with Crippen molar-refractivity contribution < 1.29 is 4.79 Å². The summed E-state index contributed by atoms with van der Waals surface area (Å²) in [5.41, 5.74) is 0.378. The Morgan fingerprint density at radius 3 is 2.65 bits per heavy atom. The fourth-order valence-electron chi connectivity index (χ4n) is 2.28. The number of carbonyl (C=O) groups is 1. The van der Waals surface area contributed by atoms with Crippen LogP contribution in [0.15, 0.2) is 53.8 Å². The van der Waals surface area contributed by atoms with Crippen molar-refractivity contribution in [1.82, 2.24) is 29.6 Å². The van der Waals surface area contributed by atoms with E-state index >= 15 is 0 Å². The van der Waals surface area contributed by atoms with E-state index in [1.54, 1.807) is 6.92 Å². The maximum absolute atomic E-state index is 11.9. The fourth-order valence-corrected chi connectivity index (χ4v) is 2.28. The van der Waals surface area contributed by atoms with E-state index in [0.29, 0.717) is 24.6 Å². The van der Waals surface area contributed by atoms with E-state index in [4.69, 9.17) is 0 Å². The number of amides is 1. The predicted molar refractivity (Wildman–Crippen MR) is 96.1 cm³/mol. The highest BCUT2D eigenvalue weighted by molar-refractivity contribution is 5.75. The lowest BCUT2D eigenvalue weighted by atomic mass is 10.4. The molecule has 2 N–H and O–H groups in total. The second-order valence-corrected chi connectivity index (χ2v) is 5.64. The molecule has 3 rings (SSSR count). The van der Waals surface area contributed by atoms with Crippen molar-refractivity contribution in [2.24, 2.45) is 0 Å². The van der Waals surface area contributed by atoms with Gasteiger partial charge in [-0.25, -0.2) is 4.98 Å². The molecular formula is C17H19N7O2. The largest absolute Gasteiger partial charge is 0.367 e. The van der Waals surface area contributed by atoms with E-state index in [2.05, 4.69) is 25.8 Å². The monoisotopic (exact) mass is 353 g/mol. The van der Waals surface area contributed by atoms with Crippen molar-refractivity contribution in [3.05, 3.63) is 65.1 Å². The van der Waals surface area contributed by atoms with Crippen molar-refractivity contribution in [1.29, 1.82) is 0 Å². The second kappa shape index (κ2) is 8.06. The Labute approximate surface area is 149 Å². The van der Waals surface area contributed by atoms with Crippen LogP contribution in [0.4, 0.5) is 5.82 Å². The van der Waals surface area contributed by atoms with Gasteiger partial charge in [-0.15, -0.1) is 10.2 Å². The smallest absolute Gasteiger partial charge is 0.253 e. The number of aromatic nitrogens is 5. The number of nitrogens with one attached hydrogen (secondary N) is 2. The third-order valence-corrected chi connectivity index (χ3v) is 3.60. The van der Waals surface area contributed by atoms with Crippen molar-refractivity contribution in [2.75, 3.05) is 18.4 Å². The molecule has 26 heavy (non-hydrogen) atoms. The van der Waals surface area contributed by atoms with Gasteiger partial charge in [0.2, 0.25) is 5.91 Å². The van der Waals surface area contributed by atoms with Crippen LogP contribution in [0.5, 0.6) is 0 Å². The zero-order valence-electron chi connectivity index (χ0n) is 14.3. The normalized spacial score (nSPS) is 10.5. The topological polar surface area (TPSA) is 107 Å². The molecule has 3 aromatic rings. The molecule has 3 aromatic heterocycles. The molecule has 9 heteroatoms. The predicted octanol–water partition coefficient (Wildman–Crippen LogP) is 0.361. The lowest BCUT2D eigenvalue weighted by Crippen LogP contribution is -2.34. The molecule has 134 valence electrons. The molecule has 0 spiro atoms. The standard InChI is InChI=1S/C17H19N7O2/c1-13-10-17(26)24(12-20-13)11-16(25)19-7-6-18-14-4-5-15(22-21-14)23-8-2-3-9-23/h2-5,8-10,12H,6-7,11H2,1H3,(H,18,21)(H,19,25). The quantitative estimate of drug-likeness (QED) is 0.594. The molecule has 0 aliphatic carbocycles. The van der Waals surface area contributed by atoms with Crippen LogP contribution in [0.2, 0.25) is 0 Å². The Kier molecular flexibility index (Phi) is 5.37. The molecule has 0 aliphatic rings. The average Bonchev–Trinajstić information content (AvgIpc) is 3.16. The SMILES string of the molecule is Cc1cc(=O)n(CC(=O)NCCNc2ccc(-n3cccc3)nn2)cn1. The first-order valence-corrected chi connectivity index (χ1v) is 8.12. The number of hydrogen-bond acceptors (Lipinski definition) is 6. The third kappa shape index (κ3) is 4.53. The van der Waals surface area contributed by atoms with Crippen LogP contribution in [-0.2, 0) is 11.3 Å². The van der Waals surface area contributed by atoms with E-state index < -0.39 is 0 Å². The Bertz CT molecular complexity index is 917. The number of aryl methyl sites for hydroxylation is 1. The fraction of sp³-hybridized carbons (Fsp3) is 0.235. The highest BCUT2D eigenvalue weighted by atomic mass is 16.2. The van der Waals surface area contributed by atoms with Gasteiger partial charge in [-0.05, 0) is 31.2 Å². The number of rotatable bonds is 7. The van der Waals surface area contributed by atoms with E-state index in [1.165, 1.54) is 17.0 Å². The number of nitrogens with zero attached hydrogens (tertiary/aromatic N) is 5. The van der Waals surface area contributed by atoms with Crippen LogP contribution >= 0.6 is 0 Å². The van der Waals surface area contributed by atoms with Gasteiger partial charge >= 0.3 is 0 Å². The first kappa shape index (κ1) is 17.3. The van der Waals surface area contributed by atoms with Gasteiger partial charge in [0, 0.05) is 37.2 Å². The lowest BCUT2D eigenvalue weighted by Gasteiger charge is -2.09. The van der Waals surface area contributed by atoms with Crippen LogP contribution < -0.4 is 16.2 Å². The number of anilines is 1. The Morgan fingerprint density at radius 2 is 1.96 bits per heavy atom. The second-order valence-electron chi connectivity index (χ2n) is 5.64. The molecule has 3 heterocycles. The summed E-state index contributed by atoms with van der Waals surface area (Å²) < 4.78 is 3.13. The third-order valence-electron chi connectivity index (χ3n) is 3.60. The number of hydrogen-bond donors (Lipinski definition) is 2. The van der Waals surface area contributed by atoms with Crippen LogP contribution in [-0.4, -0.2) is 43.3 Å². The molecule has 0 bridgehead atoms. The van der Waals surface area contributed by atoms with Crippen molar-refractivity contribution >= 4 is 11.7 Å². The molecule has 0 unspecified atom stereocenters. The molecule has 0 aliphatic heterocycles. The van der Waals surface area contributed by atoms with Crippen LogP contribution in [0.3, 0.4) is 0 Å². The summed E-state index contributed by atoms with van der Waals surface area (Å²) in [6, 6.07) is 8.89. The van der Waals surface area contributed by atoms with Gasteiger partial charge in [0.05, 0.1) is 6.33 Å².